The topological polar surface area (TPSA) is 46.2 Å². The molecule has 0 radical (unpaired) electrons. The summed E-state index contributed by atoms with van der Waals surface area (Å²) in [6.07, 6.45) is 3.92. The minimum atomic E-state index is -2.88. The van der Waals surface area contributed by atoms with E-state index < -0.39 is 9.84 Å². The lowest BCUT2D eigenvalue weighted by Crippen LogP contribution is -2.33. The molecule has 15 heavy (non-hydrogen) atoms. The van der Waals surface area contributed by atoms with E-state index in [4.69, 9.17) is 0 Å². The molecule has 0 aliphatic heterocycles. The monoisotopic (exact) mass is 235 g/mol. The van der Waals surface area contributed by atoms with Crippen molar-refractivity contribution in [1.29, 1.82) is 0 Å². The molecule has 0 rings (SSSR count). The second-order valence-corrected chi connectivity index (χ2v) is 6.63. The van der Waals surface area contributed by atoms with Crippen molar-refractivity contribution in [1.82, 2.24) is 5.32 Å². The van der Waals surface area contributed by atoms with Gasteiger partial charge in [-0.3, -0.25) is 0 Å². The quantitative estimate of drug-likeness (QED) is 0.622. The van der Waals surface area contributed by atoms with Gasteiger partial charge in [-0.2, -0.15) is 0 Å². The summed E-state index contributed by atoms with van der Waals surface area (Å²) < 4.78 is 23.5. The summed E-state index contributed by atoms with van der Waals surface area (Å²) in [4.78, 5) is 0. The molecule has 3 nitrogen and oxygen atoms in total. The summed E-state index contributed by atoms with van der Waals surface area (Å²) in [6.45, 7) is 7.44. The van der Waals surface area contributed by atoms with E-state index in [1.807, 2.05) is 0 Å². The molecule has 0 saturated carbocycles. The van der Waals surface area contributed by atoms with E-state index in [9.17, 15) is 8.42 Å². The molecule has 0 bridgehead atoms. The number of nitrogens with one attached hydrogen (secondary N) is 1. The predicted molar refractivity (Wildman–Crippen MR) is 65.9 cm³/mol. The van der Waals surface area contributed by atoms with Crippen molar-refractivity contribution in [2.75, 3.05) is 18.8 Å². The molecular weight excluding hydrogens is 210 g/mol. The van der Waals surface area contributed by atoms with Gasteiger partial charge in [0.2, 0.25) is 0 Å². The maximum Gasteiger partial charge on any atom is 0.154 e. The van der Waals surface area contributed by atoms with Gasteiger partial charge < -0.3 is 5.32 Å². The molecule has 0 spiro atoms. The summed E-state index contributed by atoms with van der Waals surface area (Å²) in [5, 5.41) is 2.90. The summed E-state index contributed by atoms with van der Waals surface area (Å²) >= 11 is 0. The standard InChI is InChI=1S/C11H25NO2S/c1-4-6-7-9-15(13,14)11(3)10-12-8-5-2/h11-12H,4-10H2,1-3H3. The zero-order valence-electron chi connectivity index (χ0n) is 10.3. The number of hydrogen-bond acceptors (Lipinski definition) is 3. The molecule has 0 heterocycles. The van der Waals surface area contributed by atoms with Crippen LogP contribution in [0.25, 0.3) is 0 Å². The van der Waals surface area contributed by atoms with Crippen molar-refractivity contribution in [2.24, 2.45) is 0 Å². The molecule has 1 atom stereocenters. The second-order valence-electron chi connectivity index (χ2n) is 4.09. The van der Waals surface area contributed by atoms with E-state index in [-0.39, 0.29) is 5.25 Å². The summed E-state index contributed by atoms with van der Waals surface area (Å²) in [6, 6.07) is 0. The van der Waals surface area contributed by atoms with Gasteiger partial charge in [-0.25, -0.2) is 8.42 Å². The predicted octanol–water partition coefficient (Wildman–Crippen LogP) is 1.98. The zero-order valence-corrected chi connectivity index (χ0v) is 11.1. The van der Waals surface area contributed by atoms with Gasteiger partial charge in [0.05, 0.1) is 11.0 Å². The maximum atomic E-state index is 11.8. The first-order valence-corrected chi connectivity index (χ1v) is 7.68. The van der Waals surface area contributed by atoms with Crippen LogP contribution in [0.15, 0.2) is 0 Å². The zero-order chi connectivity index (χ0) is 11.7. The van der Waals surface area contributed by atoms with Gasteiger partial charge in [-0.1, -0.05) is 26.7 Å². The van der Waals surface area contributed by atoms with Crippen LogP contribution in [0.3, 0.4) is 0 Å². The summed E-state index contributed by atoms with van der Waals surface area (Å²) in [7, 11) is -2.88. The fourth-order valence-corrected chi connectivity index (χ4v) is 2.74. The third-order valence-corrected chi connectivity index (χ3v) is 4.75. The fraction of sp³-hybridized carbons (Fsp3) is 1.00. The Balaban J connectivity index is 3.86. The largest absolute Gasteiger partial charge is 0.315 e. The Morgan fingerprint density at radius 1 is 1.13 bits per heavy atom. The molecule has 92 valence electrons. The number of hydrogen-bond donors (Lipinski definition) is 1. The fourth-order valence-electron chi connectivity index (χ4n) is 1.36. The van der Waals surface area contributed by atoms with Crippen LogP contribution < -0.4 is 5.32 Å². The van der Waals surface area contributed by atoms with Gasteiger partial charge in [0.15, 0.2) is 9.84 Å². The lowest BCUT2D eigenvalue weighted by atomic mass is 10.3. The van der Waals surface area contributed by atoms with Gasteiger partial charge in [0.25, 0.3) is 0 Å². The third kappa shape index (κ3) is 6.90. The van der Waals surface area contributed by atoms with E-state index in [0.29, 0.717) is 12.3 Å². The SMILES string of the molecule is CCCCCS(=O)(=O)C(C)CNCCC. The number of rotatable bonds is 9. The van der Waals surface area contributed by atoms with Crippen LogP contribution in [0.1, 0.15) is 46.5 Å². The van der Waals surface area contributed by atoms with Crippen molar-refractivity contribution < 1.29 is 8.42 Å². The third-order valence-electron chi connectivity index (χ3n) is 2.50. The molecule has 0 fully saturated rings. The summed E-state index contributed by atoms with van der Waals surface area (Å²) in [5.41, 5.74) is 0. The molecule has 1 N–H and O–H groups in total. The average Bonchev–Trinajstić information content (AvgIpc) is 2.18. The van der Waals surface area contributed by atoms with E-state index in [1.54, 1.807) is 6.92 Å². The molecule has 0 aromatic carbocycles. The highest BCUT2D eigenvalue weighted by Crippen LogP contribution is 2.05. The molecule has 0 aromatic heterocycles. The van der Waals surface area contributed by atoms with Crippen LogP contribution in [-0.2, 0) is 9.84 Å². The molecule has 4 heteroatoms. The van der Waals surface area contributed by atoms with E-state index in [2.05, 4.69) is 19.2 Å². The smallest absolute Gasteiger partial charge is 0.154 e. The Bertz CT molecular complexity index is 237. The van der Waals surface area contributed by atoms with Crippen molar-refractivity contribution in [3.8, 4) is 0 Å². The lowest BCUT2D eigenvalue weighted by Gasteiger charge is -2.13. The van der Waals surface area contributed by atoms with Crippen LogP contribution in [-0.4, -0.2) is 32.5 Å². The lowest BCUT2D eigenvalue weighted by molar-refractivity contribution is 0.566. The van der Waals surface area contributed by atoms with Crippen LogP contribution >= 0.6 is 0 Å². The molecule has 0 saturated heterocycles. The molecule has 1 unspecified atom stereocenters. The highest BCUT2D eigenvalue weighted by molar-refractivity contribution is 7.92. The van der Waals surface area contributed by atoms with Gasteiger partial charge in [-0.05, 0) is 26.3 Å². The Kier molecular flexibility index (Phi) is 8.06. The maximum absolute atomic E-state index is 11.8. The van der Waals surface area contributed by atoms with Gasteiger partial charge in [0.1, 0.15) is 0 Å². The first kappa shape index (κ1) is 14.9. The van der Waals surface area contributed by atoms with Crippen LogP contribution in [0.4, 0.5) is 0 Å². The van der Waals surface area contributed by atoms with E-state index in [0.717, 1.165) is 32.2 Å². The first-order chi connectivity index (χ1) is 7.04. The molecule has 0 amide bonds. The second kappa shape index (κ2) is 8.11. The van der Waals surface area contributed by atoms with E-state index >= 15 is 0 Å². The number of sulfone groups is 1. The van der Waals surface area contributed by atoms with Crippen molar-refractivity contribution in [2.45, 2.75) is 51.7 Å². The van der Waals surface area contributed by atoms with E-state index in [1.165, 1.54) is 0 Å². The van der Waals surface area contributed by atoms with Gasteiger partial charge >= 0.3 is 0 Å². The van der Waals surface area contributed by atoms with Crippen LogP contribution in [0, 0.1) is 0 Å². The highest BCUT2D eigenvalue weighted by atomic mass is 32.2. The Morgan fingerprint density at radius 2 is 1.80 bits per heavy atom. The average molecular weight is 235 g/mol. The van der Waals surface area contributed by atoms with Crippen molar-refractivity contribution in [3.05, 3.63) is 0 Å². The van der Waals surface area contributed by atoms with Crippen molar-refractivity contribution >= 4 is 9.84 Å². The number of unbranched alkanes of at least 4 members (excludes halogenated alkanes) is 2. The normalized spacial score (nSPS) is 14.1. The highest BCUT2D eigenvalue weighted by Gasteiger charge is 2.19. The first-order valence-electron chi connectivity index (χ1n) is 5.96. The van der Waals surface area contributed by atoms with Gasteiger partial charge in [0, 0.05) is 6.54 Å². The van der Waals surface area contributed by atoms with Crippen LogP contribution in [0.2, 0.25) is 0 Å². The molecular formula is C11H25NO2S. The molecule has 0 aromatic rings. The Morgan fingerprint density at radius 3 is 2.33 bits per heavy atom. The molecule has 0 aliphatic carbocycles. The van der Waals surface area contributed by atoms with Crippen LogP contribution in [0.5, 0.6) is 0 Å². The summed E-state index contributed by atoms with van der Waals surface area (Å²) in [5.74, 6) is 0.343. The minimum Gasteiger partial charge on any atom is -0.315 e. The van der Waals surface area contributed by atoms with Crippen molar-refractivity contribution in [3.63, 3.8) is 0 Å². The Hall–Kier alpha value is -0.0900. The minimum absolute atomic E-state index is 0.249. The molecule has 0 aliphatic rings. The Labute approximate surface area is 94.6 Å². The van der Waals surface area contributed by atoms with Gasteiger partial charge in [-0.15, -0.1) is 0 Å².